The topological polar surface area (TPSA) is 66.7 Å². The number of hydrogen-bond acceptors (Lipinski definition) is 4. The molecule has 5 heteroatoms. The number of aliphatic hydroxyl groups excluding tert-OH is 1. The van der Waals surface area contributed by atoms with Crippen LogP contribution in [0, 0.1) is 5.92 Å². The first-order chi connectivity index (χ1) is 8.19. The predicted molar refractivity (Wildman–Crippen MR) is 76.7 cm³/mol. The Kier molecular flexibility index (Phi) is 7.71. The van der Waals surface area contributed by atoms with Crippen LogP contribution < -0.4 is 0 Å². The highest BCUT2D eigenvalue weighted by molar-refractivity contribution is 7.91. The highest BCUT2D eigenvalue weighted by Gasteiger charge is 2.19. The molecule has 0 aromatic carbocycles. The average molecular weight is 277 g/mol. The third-order valence-electron chi connectivity index (χ3n) is 2.83. The van der Waals surface area contributed by atoms with Gasteiger partial charge in [-0.2, -0.15) is 0 Å². The summed E-state index contributed by atoms with van der Waals surface area (Å²) >= 11 is 0. The van der Waals surface area contributed by atoms with Gasteiger partial charge in [-0.25, -0.2) is 8.42 Å². The zero-order valence-electron chi connectivity index (χ0n) is 12.2. The van der Waals surface area contributed by atoms with Gasteiger partial charge < -0.3 is 5.11 Å². The van der Waals surface area contributed by atoms with Crippen LogP contribution in [0.5, 0.6) is 0 Å². The third kappa shape index (κ3) is 7.11. The Bertz CT molecular complexity index is 358. The summed E-state index contributed by atoms with van der Waals surface area (Å²) in [6.07, 6.45) is 2.25. The van der Waals surface area contributed by atoms with E-state index in [1.165, 1.54) is 6.92 Å². The van der Waals surface area contributed by atoms with E-state index >= 15 is 0 Å². The maximum atomic E-state index is 11.5. The second-order valence-corrected chi connectivity index (χ2v) is 7.70. The van der Waals surface area contributed by atoms with Crippen LogP contribution in [0.4, 0.5) is 0 Å². The van der Waals surface area contributed by atoms with Gasteiger partial charge in [-0.3, -0.25) is 4.99 Å². The van der Waals surface area contributed by atoms with E-state index in [1.807, 2.05) is 13.8 Å². The Morgan fingerprint density at radius 3 is 2.22 bits per heavy atom. The summed E-state index contributed by atoms with van der Waals surface area (Å²) in [4.78, 5) is 4.57. The van der Waals surface area contributed by atoms with Crippen molar-refractivity contribution in [2.45, 2.75) is 65.4 Å². The minimum atomic E-state index is -3.38. The number of sulfone groups is 1. The summed E-state index contributed by atoms with van der Waals surface area (Å²) in [6, 6.07) is 0.0391. The molecule has 0 aliphatic rings. The molecular formula is C13H27NO3S. The Hall–Kier alpha value is -0.420. The zero-order chi connectivity index (χ0) is 14.3. The monoisotopic (exact) mass is 277 g/mol. The molecule has 0 saturated carbocycles. The van der Waals surface area contributed by atoms with Gasteiger partial charge in [-0.1, -0.05) is 20.8 Å². The van der Waals surface area contributed by atoms with Crippen molar-refractivity contribution in [3.63, 3.8) is 0 Å². The number of nitrogens with zero attached hydrogens (tertiary/aromatic N) is 1. The smallest absolute Gasteiger partial charge is 0.176 e. The molecule has 0 aliphatic heterocycles. The first-order valence-corrected chi connectivity index (χ1v) is 8.33. The van der Waals surface area contributed by atoms with E-state index in [1.54, 1.807) is 0 Å². The molecule has 0 aromatic heterocycles. The summed E-state index contributed by atoms with van der Waals surface area (Å²) in [5.74, 6) is 0.564. The molecule has 2 atom stereocenters. The summed E-state index contributed by atoms with van der Waals surface area (Å²) in [5.41, 5.74) is -0.206. The quantitative estimate of drug-likeness (QED) is 0.693. The van der Waals surface area contributed by atoms with Gasteiger partial charge in [-0.05, 0) is 39.0 Å². The van der Waals surface area contributed by atoms with Gasteiger partial charge in [0.15, 0.2) is 15.3 Å². The van der Waals surface area contributed by atoms with Crippen molar-refractivity contribution in [3.8, 4) is 0 Å². The van der Waals surface area contributed by atoms with Crippen LogP contribution in [0.3, 0.4) is 0 Å². The van der Waals surface area contributed by atoms with Gasteiger partial charge in [0, 0.05) is 5.71 Å². The lowest BCUT2D eigenvalue weighted by atomic mass is 10.1. The van der Waals surface area contributed by atoms with Crippen molar-refractivity contribution in [2.75, 3.05) is 5.75 Å². The molecule has 0 radical (unpaired) electrons. The molecule has 0 spiro atoms. The van der Waals surface area contributed by atoms with Gasteiger partial charge in [-0.15, -0.1) is 0 Å². The molecule has 0 rings (SSSR count). The average Bonchev–Trinajstić information content (AvgIpc) is 2.22. The predicted octanol–water partition coefficient (Wildman–Crippen LogP) is 2.42. The van der Waals surface area contributed by atoms with Crippen molar-refractivity contribution >= 4 is 15.5 Å². The number of aliphatic hydroxyl groups is 1. The molecule has 0 saturated heterocycles. The van der Waals surface area contributed by atoms with E-state index in [9.17, 15) is 8.42 Å². The first kappa shape index (κ1) is 17.6. The molecule has 108 valence electrons. The van der Waals surface area contributed by atoms with Gasteiger partial charge >= 0.3 is 0 Å². The molecule has 0 aliphatic carbocycles. The molecule has 0 heterocycles. The fourth-order valence-corrected chi connectivity index (χ4v) is 2.73. The van der Waals surface area contributed by atoms with Crippen molar-refractivity contribution < 1.29 is 13.5 Å². The van der Waals surface area contributed by atoms with Crippen molar-refractivity contribution in [1.29, 1.82) is 0 Å². The molecule has 4 nitrogen and oxygen atoms in total. The second kappa shape index (κ2) is 7.89. The maximum absolute atomic E-state index is 11.5. The van der Waals surface area contributed by atoms with Crippen LogP contribution >= 0.6 is 0 Å². The van der Waals surface area contributed by atoms with Crippen molar-refractivity contribution in [1.82, 2.24) is 0 Å². The third-order valence-corrected chi connectivity index (χ3v) is 4.68. The van der Waals surface area contributed by atoms with Gasteiger partial charge in [0.1, 0.15) is 0 Å². The Labute approximate surface area is 111 Å². The lowest BCUT2D eigenvalue weighted by Crippen LogP contribution is -2.23. The summed E-state index contributed by atoms with van der Waals surface area (Å²) in [5, 5.41) is 9.14. The Morgan fingerprint density at radius 2 is 1.83 bits per heavy atom. The summed E-state index contributed by atoms with van der Waals surface area (Å²) in [7, 11) is -3.38. The SMILES string of the molecule is CCC(CCS(=O)(=O)C(C)O)N=C(C)CC(C)C. The maximum Gasteiger partial charge on any atom is 0.176 e. The summed E-state index contributed by atoms with van der Waals surface area (Å²) < 4.78 is 23.0. The highest BCUT2D eigenvalue weighted by Crippen LogP contribution is 2.11. The first-order valence-electron chi connectivity index (χ1n) is 6.62. The van der Waals surface area contributed by atoms with E-state index in [2.05, 4.69) is 18.8 Å². The molecule has 0 fully saturated rings. The van der Waals surface area contributed by atoms with Crippen LogP contribution in [-0.4, -0.2) is 36.5 Å². The fourth-order valence-electron chi connectivity index (χ4n) is 1.79. The molecule has 0 bridgehead atoms. The number of hydrogen-bond donors (Lipinski definition) is 1. The van der Waals surface area contributed by atoms with E-state index in [0.717, 1.165) is 18.6 Å². The van der Waals surface area contributed by atoms with Gasteiger partial charge in [0.05, 0.1) is 11.8 Å². The molecule has 18 heavy (non-hydrogen) atoms. The molecular weight excluding hydrogens is 250 g/mol. The molecule has 1 N–H and O–H groups in total. The molecule has 0 aromatic rings. The molecule has 2 unspecified atom stereocenters. The molecule has 0 amide bonds. The lowest BCUT2D eigenvalue weighted by molar-refractivity contribution is 0.268. The summed E-state index contributed by atoms with van der Waals surface area (Å²) in [6.45, 7) is 9.57. The number of rotatable bonds is 8. The lowest BCUT2D eigenvalue weighted by Gasteiger charge is -2.14. The van der Waals surface area contributed by atoms with Crippen molar-refractivity contribution in [3.05, 3.63) is 0 Å². The van der Waals surface area contributed by atoms with Gasteiger partial charge in [0.2, 0.25) is 0 Å². The van der Waals surface area contributed by atoms with Crippen molar-refractivity contribution in [2.24, 2.45) is 10.9 Å². The van der Waals surface area contributed by atoms with E-state index in [4.69, 9.17) is 5.11 Å². The van der Waals surface area contributed by atoms with Crippen LogP contribution in [0.2, 0.25) is 0 Å². The van der Waals surface area contributed by atoms with Crippen LogP contribution in [0.1, 0.15) is 53.9 Å². The second-order valence-electron chi connectivity index (χ2n) is 5.28. The van der Waals surface area contributed by atoms with Crippen LogP contribution in [0.25, 0.3) is 0 Å². The standard InChI is InChI=1S/C13H27NO3S/c1-6-13(14-11(4)9-10(2)3)7-8-18(16,17)12(5)15/h10,12-13,15H,6-9H2,1-5H3. The zero-order valence-corrected chi connectivity index (χ0v) is 13.0. The Balaban J connectivity index is 4.46. The van der Waals surface area contributed by atoms with Crippen LogP contribution in [-0.2, 0) is 9.84 Å². The minimum absolute atomic E-state index is 0.00162. The fraction of sp³-hybridized carbons (Fsp3) is 0.923. The normalized spacial score (nSPS) is 16.9. The van der Waals surface area contributed by atoms with E-state index in [0.29, 0.717) is 12.3 Å². The Morgan fingerprint density at radius 1 is 1.28 bits per heavy atom. The van der Waals surface area contributed by atoms with E-state index in [-0.39, 0.29) is 11.8 Å². The van der Waals surface area contributed by atoms with E-state index < -0.39 is 15.3 Å². The van der Waals surface area contributed by atoms with Crippen LogP contribution in [0.15, 0.2) is 4.99 Å². The number of aliphatic imine (C=N–C) groups is 1. The van der Waals surface area contributed by atoms with Gasteiger partial charge in [0.25, 0.3) is 0 Å². The largest absolute Gasteiger partial charge is 0.377 e. The highest BCUT2D eigenvalue weighted by atomic mass is 32.2. The minimum Gasteiger partial charge on any atom is -0.377 e.